The molecule has 0 aliphatic carbocycles. The number of nitrogens with zero attached hydrogens (tertiary/aromatic N) is 2. The number of nitrogens with one attached hydrogen (secondary N) is 2. The Labute approximate surface area is 139 Å². The summed E-state index contributed by atoms with van der Waals surface area (Å²) in [5, 5.41) is 8.79. The van der Waals surface area contributed by atoms with Crippen LogP contribution in [0.4, 0.5) is 5.82 Å². The molecule has 0 saturated heterocycles. The van der Waals surface area contributed by atoms with Crippen LogP contribution in [0.25, 0.3) is 10.9 Å². The van der Waals surface area contributed by atoms with E-state index in [4.69, 9.17) is 4.52 Å². The maximum atomic E-state index is 5.20. The second-order valence-electron chi connectivity index (χ2n) is 5.89. The number of rotatable bonds is 4. The van der Waals surface area contributed by atoms with E-state index in [0.29, 0.717) is 0 Å². The lowest BCUT2D eigenvalue weighted by atomic mass is 9.96. The van der Waals surface area contributed by atoms with Gasteiger partial charge < -0.3 is 14.8 Å². The van der Waals surface area contributed by atoms with Gasteiger partial charge in [0, 0.05) is 40.6 Å². The fourth-order valence-corrected chi connectivity index (χ4v) is 3.13. The van der Waals surface area contributed by atoms with Crippen molar-refractivity contribution in [1.29, 1.82) is 0 Å². The average Bonchev–Trinajstić information content (AvgIpc) is 3.16. The molecule has 3 heterocycles. The number of aryl methyl sites for hydroxylation is 2. The van der Waals surface area contributed by atoms with Crippen LogP contribution in [0.1, 0.15) is 28.6 Å². The van der Waals surface area contributed by atoms with Crippen LogP contribution < -0.4 is 5.32 Å². The zero-order valence-electron chi connectivity index (χ0n) is 13.6. The fraction of sp³-hybridized carbons (Fsp3) is 0.158. The van der Waals surface area contributed by atoms with E-state index in [1.807, 2.05) is 43.6 Å². The Morgan fingerprint density at radius 3 is 2.62 bits per heavy atom. The maximum Gasteiger partial charge on any atom is 0.170 e. The van der Waals surface area contributed by atoms with Crippen LogP contribution >= 0.6 is 0 Å². The first-order chi connectivity index (χ1) is 11.7. The summed E-state index contributed by atoms with van der Waals surface area (Å²) in [6.07, 6.45) is 3.62. The summed E-state index contributed by atoms with van der Waals surface area (Å²) in [6, 6.07) is 14.2. The Morgan fingerprint density at radius 1 is 1.08 bits per heavy atom. The molecular formula is C19H18N4O. The molecule has 24 heavy (non-hydrogen) atoms. The lowest BCUT2D eigenvalue weighted by Crippen LogP contribution is -2.13. The number of aromatic amines is 1. The average molecular weight is 318 g/mol. The SMILES string of the molecule is Cc1cc(N[C@@H](c2ccncc2)c2c(C)[nH]c3ccccc23)no1. The van der Waals surface area contributed by atoms with Crippen LogP contribution in [-0.4, -0.2) is 15.1 Å². The molecule has 0 amide bonds. The molecule has 4 aromatic rings. The van der Waals surface area contributed by atoms with Crippen LogP contribution in [0.2, 0.25) is 0 Å². The molecule has 5 nitrogen and oxygen atoms in total. The van der Waals surface area contributed by atoms with Crippen molar-refractivity contribution in [3.05, 3.63) is 77.4 Å². The number of fused-ring (bicyclic) bond motifs is 1. The Hall–Kier alpha value is -3.08. The van der Waals surface area contributed by atoms with Crippen LogP contribution in [0, 0.1) is 13.8 Å². The summed E-state index contributed by atoms with van der Waals surface area (Å²) in [4.78, 5) is 7.60. The lowest BCUT2D eigenvalue weighted by Gasteiger charge is -2.19. The van der Waals surface area contributed by atoms with Gasteiger partial charge in [0.05, 0.1) is 6.04 Å². The highest BCUT2D eigenvalue weighted by molar-refractivity contribution is 5.86. The number of hydrogen-bond donors (Lipinski definition) is 2. The topological polar surface area (TPSA) is 66.7 Å². The number of aromatic nitrogens is 3. The Kier molecular flexibility index (Phi) is 3.54. The van der Waals surface area contributed by atoms with Gasteiger partial charge in [0.15, 0.2) is 5.82 Å². The largest absolute Gasteiger partial charge is 0.360 e. The van der Waals surface area contributed by atoms with E-state index in [9.17, 15) is 0 Å². The quantitative estimate of drug-likeness (QED) is 0.586. The predicted molar refractivity (Wildman–Crippen MR) is 94.0 cm³/mol. The smallest absolute Gasteiger partial charge is 0.170 e. The molecule has 0 unspecified atom stereocenters. The van der Waals surface area contributed by atoms with Crippen molar-refractivity contribution in [2.24, 2.45) is 0 Å². The number of anilines is 1. The van der Waals surface area contributed by atoms with E-state index >= 15 is 0 Å². The van der Waals surface area contributed by atoms with Gasteiger partial charge in [-0.1, -0.05) is 23.4 Å². The van der Waals surface area contributed by atoms with Crippen LogP contribution in [-0.2, 0) is 0 Å². The van der Waals surface area contributed by atoms with Crippen molar-refractivity contribution in [3.63, 3.8) is 0 Å². The van der Waals surface area contributed by atoms with Gasteiger partial charge >= 0.3 is 0 Å². The number of benzene rings is 1. The van der Waals surface area contributed by atoms with Crippen LogP contribution in [0.5, 0.6) is 0 Å². The number of para-hydroxylation sites is 1. The Bertz CT molecular complexity index is 971. The summed E-state index contributed by atoms with van der Waals surface area (Å²) in [6.45, 7) is 3.98. The van der Waals surface area contributed by atoms with Crippen LogP contribution in [0.15, 0.2) is 59.4 Å². The molecule has 1 aromatic carbocycles. The fourth-order valence-electron chi connectivity index (χ4n) is 3.13. The highest BCUT2D eigenvalue weighted by atomic mass is 16.5. The number of H-pyrrole nitrogens is 1. The second kappa shape index (κ2) is 5.85. The molecule has 0 saturated carbocycles. The third-order valence-corrected chi connectivity index (χ3v) is 4.19. The molecule has 0 bridgehead atoms. The van der Waals surface area contributed by atoms with Crippen molar-refractivity contribution in [1.82, 2.24) is 15.1 Å². The third-order valence-electron chi connectivity index (χ3n) is 4.19. The van der Waals surface area contributed by atoms with Gasteiger partial charge in [-0.15, -0.1) is 0 Å². The molecule has 3 aromatic heterocycles. The molecule has 0 aliphatic heterocycles. The summed E-state index contributed by atoms with van der Waals surface area (Å²) in [7, 11) is 0. The molecule has 2 N–H and O–H groups in total. The van der Waals surface area contributed by atoms with Gasteiger partial charge in [0.1, 0.15) is 5.76 Å². The summed E-state index contributed by atoms with van der Waals surface area (Å²) >= 11 is 0. The van der Waals surface area contributed by atoms with E-state index in [-0.39, 0.29) is 6.04 Å². The molecular weight excluding hydrogens is 300 g/mol. The first-order valence-corrected chi connectivity index (χ1v) is 7.89. The van der Waals surface area contributed by atoms with Gasteiger partial charge in [-0.3, -0.25) is 4.98 Å². The van der Waals surface area contributed by atoms with Crippen LogP contribution in [0.3, 0.4) is 0 Å². The van der Waals surface area contributed by atoms with Gasteiger partial charge in [0.2, 0.25) is 0 Å². The Morgan fingerprint density at radius 2 is 1.88 bits per heavy atom. The van der Waals surface area contributed by atoms with E-state index in [0.717, 1.165) is 28.4 Å². The summed E-state index contributed by atoms with van der Waals surface area (Å²) < 4.78 is 5.20. The zero-order chi connectivity index (χ0) is 16.5. The number of hydrogen-bond acceptors (Lipinski definition) is 4. The monoisotopic (exact) mass is 318 g/mol. The van der Waals surface area contributed by atoms with E-state index in [1.54, 1.807) is 0 Å². The lowest BCUT2D eigenvalue weighted by molar-refractivity contribution is 0.399. The van der Waals surface area contributed by atoms with Gasteiger partial charge in [0.25, 0.3) is 0 Å². The standard InChI is InChI=1S/C19H18N4O/c1-12-11-17(23-24-12)22-19(14-7-9-20-10-8-14)18-13(2)21-16-6-4-3-5-15(16)18/h3-11,19,21H,1-2H3,(H,22,23)/t19-/m0/s1. The summed E-state index contributed by atoms with van der Waals surface area (Å²) in [5.74, 6) is 1.50. The summed E-state index contributed by atoms with van der Waals surface area (Å²) in [5.41, 5.74) is 4.59. The van der Waals surface area contributed by atoms with E-state index < -0.39 is 0 Å². The minimum Gasteiger partial charge on any atom is -0.360 e. The van der Waals surface area contributed by atoms with Crippen molar-refractivity contribution < 1.29 is 4.52 Å². The first-order valence-electron chi connectivity index (χ1n) is 7.89. The van der Waals surface area contributed by atoms with Crippen molar-refractivity contribution in [2.45, 2.75) is 19.9 Å². The minimum absolute atomic E-state index is 0.0475. The molecule has 0 radical (unpaired) electrons. The van der Waals surface area contributed by atoms with Crippen molar-refractivity contribution in [2.75, 3.05) is 5.32 Å². The first kappa shape index (κ1) is 14.5. The van der Waals surface area contributed by atoms with Gasteiger partial charge in [-0.25, -0.2) is 0 Å². The molecule has 5 heteroatoms. The highest BCUT2D eigenvalue weighted by Crippen LogP contribution is 2.34. The normalized spacial score (nSPS) is 12.4. The predicted octanol–water partition coefficient (Wildman–Crippen LogP) is 4.37. The van der Waals surface area contributed by atoms with E-state index in [2.05, 4.69) is 45.6 Å². The number of pyridine rings is 1. The van der Waals surface area contributed by atoms with Gasteiger partial charge in [-0.05, 0) is 37.6 Å². The highest BCUT2D eigenvalue weighted by Gasteiger charge is 2.21. The van der Waals surface area contributed by atoms with E-state index in [1.165, 1.54) is 10.9 Å². The molecule has 0 aliphatic rings. The third kappa shape index (κ3) is 2.54. The van der Waals surface area contributed by atoms with Crippen molar-refractivity contribution in [3.8, 4) is 0 Å². The maximum absolute atomic E-state index is 5.20. The minimum atomic E-state index is -0.0475. The van der Waals surface area contributed by atoms with Crippen molar-refractivity contribution >= 4 is 16.7 Å². The zero-order valence-corrected chi connectivity index (χ0v) is 13.6. The second-order valence-corrected chi connectivity index (χ2v) is 5.89. The molecule has 120 valence electrons. The molecule has 0 fully saturated rings. The molecule has 0 spiro atoms. The molecule has 4 rings (SSSR count). The Balaban J connectivity index is 1.87. The van der Waals surface area contributed by atoms with Gasteiger partial charge in [-0.2, -0.15) is 0 Å². The molecule has 1 atom stereocenters.